The molecular formula is C24H26N6O3S. The molecule has 4 heterocycles. The van der Waals surface area contributed by atoms with Crippen LogP contribution in [0.15, 0.2) is 42.0 Å². The van der Waals surface area contributed by atoms with Gasteiger partial charge in [-0.15, -0.1) is 11.3 Å². The zero-order chi connectivity index (χ0) is 23.5. The van der Waals surface area contributed by atoms with E-state index in [1.807, 2.05) is 18.2 Å². The minimum Gasteiger partial charge on any atom is -0.494 e. The topological polar surface area (TPSA) is 99.7 Å². The van der Waals surface area contributed by atoms with E-state index in [2.05, 4.69) is 32.4 Å². The summed E-state index contributed by atoms with van der Waals surface area (Å²) < 4.78 is 5.69. The second kappa shape index (κ2) is 9.78. The molecular weight excluding hydrogens is 452 g/mol. The summed E-state index contributed by atoms with van der Waals surface area (Å²) in [5, 5.41) is 8.45. The molecule has 0 spiro atoms. The number of carbonyl (C=O) groups excluding carboxylic acids is 2. The van der Waals surface area contributed by atoms with Crippen molar-refractivity contribution in [3.8, 4) is 5.75 Å². The number of amides is 2. The lowest BCUT2D eigenvalue weighted by Crippen LogP contribution is -2.43. The Kier molecular flexibility index (Phi) is 6.41. The fourth-order valence-electron chi connectivity index (χ4n) is 4.11. The number of ether oxygens (including phenoxy) is 1. The third-order valence-corrected chi connectivity index (χ3v) is 6.68. The van der Waals surface area contributed by atoms with Crippen molar-refractivity contribution in [1.29, 1.82) is 0 Å². The lowest BCUT2D eigenvalue weighted by Gasteiger charge is -2.30. The van der Waals surface area contributed by atoms with Crippen molar-refractivity contribution < 1.29 is 14.3 Å². The molecule has 0 atom stereocenters. The van der Waals surface area contributed by atoms with Crippen molar-refractivity contribution >= 4 is 39.7 Å². The number of nitrogens with zero attached hydrogens (tertiary/aromatic N) is 4. The number of hydrogen-bond acceptors (Lipinski definition) is 8. The smallest absolute Gasteiger partial charge is 0.275 e. The first-order chi connectivity index (χ1) is 16.6. The van der Waals surface area contributed by atoms with Gasteiger partial charge in [-0.25, -0.2) is 4.98 Å². The van der Waals surface area contributed by atoms with Gasteiger partial charge in [0.25, 0.3) is 11.8 Å². The van der Waals surface area contributed by atoms with Crippen LogP contribution in [0.1, 0.15) is 39.8 Å². The summed E-state index contributed by atoms with van der Waals surface area (Å²) in [5.74, 6) is 0.309. The van der Waals surface area contributed by atoms with Crippen LogP contribution in [0.3, 0.4) is 0 Å². The lowest BCUT2D eigenvalue weighted by atomic mass is 10.1. The predicted molar refractivity (Wildman–Crippen MR) is 132 cm³/mol. The highest BCUT2D eigenvalue weighted by Crippen LogP contribution is 2.33. The van der Waals surface area contributed by atoms with Gasteiger partial charge in [-0.05, 0) is 36.2 Å². The molecule has 2 amide bonds. The highest BCUT2D eigenvalue weighted by atomic mass is 32.1. The Bertz CT molecular complexity index is 1210. The third kappa shape index (κ3) is 4.46. The van der Waals surface area contributed by atoms with E-state index >= 15 is 0 Å². The summed E-state index contributed by atoms with van der Waals surface area (Å²) in [6, 6.07) is 7.43. The number of nitrogens with one attached hydrogen (secondary N) is 2. The van der Waals surface area contributed by atoms with Gasteiger partial charge in [-0.1, -0.05) is 6.92 Å². The number of benzene rings is 1. The van der Waals surface area contributed by atoms with E-state index in [1.165, 1.54) is 11.3 Å². The average molecular weight is 479 g/mol. The molecule has 0 bridgehead atoms. The summed E-state index contributed by atoms with van der Waals surface area (Å²) in [6.07, 6.45) is 4.30. The number of aromatic nitrogens is 2. The summed E-state index contributed by atoms with van der Waals surface area (Å²) in [7, 11) is 0. The van der Waals surface area contributed by atoms with Crippen molar-refractivity contribution in [3.63, 3.8) is 0 Å². The molecule has 2 N–H and O–H groups in total. The first-order valence-electron chi connectivity index (χ1n) is 11.4. The fraction of sp³-hybridized carbons (Fsp3) is 0.333. The zero-order valence-corrected chi connectivity index (χ0v) is 19.7. The van der Waals surface area contributed by atoms with Gasteiger partial charge in [-0.2, -0.15) is 0 Å². The molecule has 10 heteroatoms. The molecule has 176 valence electrons. The normalized spacial score (nSPS) is 15.4. The van der Waals surface area contributed by atoms with E-state index in [1.54, 1.807) is 28.7 Å². The van der Waals surface area contributed by atoms with Gasteiger partial charge in [-0.3, -0.25) is 19.5 Å². The molecule has 3 aromatic rings. The van der Waals surface area contributed by atoms with Crippen LogP contribution < -0.4 is 25.2 Å². The van der Waals surface area contributed by atoms with Crippen LogP contribution in [0, 0.1) is 0 Å². The Morgan fingerprint density at radius 3 is 2.94 bits per heavy atom. The van der Waals surface area contributed by atoms with Crippen LogP contribution in [0.4, 0.5) is 16.5 Å². The molecule has 0 aliphatic carbocycles. The van der Waals surface area contributed by atoms with Crippen molar-refractivity contribution in [2.45, 2.75) is 19.9 Å². The summed E-state index contributed by atoms with van der Waals surface area (Å²) in [4.78, 5) is 38.4. The quantitative estimate of drug-likeness (QED) is 0.538. The summed E-state index contributed by atoms with van der Waals surface area (Å²) in [6.45, 7) is 6.59. The number of hydrogen-bond donors (Lipinski definition) is 2. The molecule has 1 aromatic carbocycles. The highest BCUT2D eigenvalue weighted by molar-refractivity contribution is 7.14. The van der Waals surface area contributed by atoms with Crippen molar-refractivity contribution in [2.24, 2.45) is 0 Å². The number of thiazole rings is 1. The zero-order valence-electron chi connectivity index (χ0n) is 18.9. The number of pyridine rings is 1. The Balaban J connectivity index is 1.30. The monoisotopic (exact) mass is 478 g/mol. The van der Waals surface area contributed by atoms with Gasteiger partial charge in [0.05, 0.1) is 30.7 Å². The fourth-order valence-corrected chi connectivity index (χ4v) is 4.91. The lowest BCUT2D eigenvalue weighted by molar-refractivity contribution is 0.0991. The van der Waals surface area contributed by atoms with Crippen LogP contribution in [0.25, 0.3) is 0 Å². The minimum atomic E-state index is -0.328. The Labute approximate surface area is 201 Å². The summed E-state index contributed by atoms with van der Waals surface area (Å²) in [5.41, 5.74) is 3.39. The Morgan fingerprint density at radius 1 is 1.26 bits per heavy atom. The van der Waals surface area contributed by atoms with Gasteiger partial charge in [0.2, 0.25) is 0 Å². The van der Waals surface area contributed by atoms with E-state index < -0.39 is 0 Å². The first-order valence-corrected chi connectivity index (χ1v) is 12.3. The molecule has 9 nitrogen and oxygen atoms in total. The maximum Gasteiger partial charge on any atom is 0.275 e. The maximum absolute atomic E-state index is 13.0. The van der Waals surface area contributed by atoms with Crippen LogP contribution in [-0.4, -0.2) is 54.6 Å². The first kappa shape index (κ1) is 22.3. The van der Waals surface area contributed by atoms with E-state index in [4.69, 9.17) is 4.74 Å². The van der Waals surface area contributed by atoms with Gasteiger partial charge >= 0.3 is 0 Å². The minimum absolute atomic E-state index is 0.119. The number of fused-ring (bicyclic) bond motifs is 1. The molecule has 0 unspecified atom stereocenters. The average Bonchev–Trinajstić information content (AvgIpc) is 3.48. The van der Waals surface area contributed by atoms with Gasteiger partial charge < -0.3 is 20.3 Å². The van der Waals surface area contributed by atoms with Crippen molar-refractivity contribution in [2.75, 3.05) is 47.9 Å². The Hall–Kier alpha value is -3.50. The molecule has 1 saturated heterocycles. The highest BCUT2D eigenvalue weighted by Gasteiger charge is 2.31. The third-order valence-electron chi connectivity index (χ3n) is 5.81. The number of carbonyl (C=O) groups is 2. The van der Waals surface area contributed by atoms with Crippen LogP contribution in [0.5, 0.6) is 5.75 Å². The molecule has 34 heavy (non-hydrogen) atoms. The molecule has 2 aliphatic heterocycles. The standard InChI is InChI=1S/C24H26N6O3S/c1-2-11-33-17-3-4-18-16(12-17)14-30(23(18)32)24-28-20(15-34-24)22(31)27-19-13-26-6-5-21(19)29-9-7-25-8-10-29/h3-6,12-13,15,25H,2,7-11,14H2,1H3,(H,27,31). The second-order valence-electron chi connectivity index (χ2n) is 8.16. The molecule has 0 saturated carbocycles. The molecule has 0 radical (unpaired) electrons. The van der Waals surface area contributed by atoms with E-state index in [0.29, 0.717) is 29.5 Å². The van der Waals surface area contributed by atoms with Crippen LogP contribution in [-0.2, 0) is 6.54 Å². The van der Waals surface area contributed by atoms with Crippen LogP contribution >= 0.6 is 11.3 Å². The van der Waals surface area contributed by atoms with Gasteiger partial charge in [0.1, 0.15) is 11.4 Å². The molecule has 1 fully saturated rings. The van der Waals surface area contributed by atoms with Gasteiger partial charge in [0.15, 0.2) is 5.13 Å². The van der Waals surface area contributed by atoms with Gasteiger partial charge in [0, 0.05) is 43.3 Å². The van der Waals surface area contributed by atoms with E-state index in [0.717, 1.165) is 49.6 Å². The molecule has 2 aromatic heterocycles. The maximum atomic E-state index is 13.0. The molecule has 2 aliphatic rings. The SMILES string of the molecule is CCCOc1ccc2c(c1)CN(c1nc(C(=O)Nc3cnccc3N3CCNCC3)cs1)C2=O. The number of piperazine rings is 1. The Morgan fingerprint density at radius 2 is 2.12 bits per heavy atom. The predicted octanol–water partition coefficient (Wildman–Crippen LogP) is 3.15. The largest absolute Gasteiger partial charge is 0.494 e. The molecule has 5 rings (SSSR count). The number of anilines is 3. The van der Waals surface area contributed by atoms with Crippen LogP contribution in [0.2, 0.25) is 0 Å². The van der Waals surface area contributed by atoms with Crippen molar-refractivity contribution in [3.05, 3.63) is 58.9 Å². The second-order valence-corrected chi connectivity index (χ2v) is 8.99. The van der Waals surface area contributed by atoms with E-state index in [9.17, 15) is 9.59 Å². The summed E-state index contributed by atoms with van der Waals surface area (Å²) >= 11 is 1.28. The van der Waals surface area contributed by atoms with Crippen molar-refractivity contribution in [1.82, 2.24) is 15.3 Å². The number of rotatable bonds is 7. The van der Waals surface area contributed by atoms with E-state index in [-0.39, 0.29) is 17.5 Å².